The minimum absolute atomic E-state index is 0. The lowest BCUT2D eigenvalue weighted by atomic mass is 9.94. The van der Waals surface area contributed by atoms with Crippen LogP contribution in [0.4, 0.5) is 4.79 Å². The van der Waals surface area contributed by atoms with Crippen molar-refractivity contribution in [2.75, 3.05) is 34.3 Å². The molecule has 2 aliphatic rings. The molecule has 1 aromatic carbocycles. The molecule has 9 heteroatoms. The molecule has 1 fully saturated rings. The van der Waals surface area contributed by atoms with Crippen LogP contribution in [0, 0.1) is 0 Å². The number of imide groups is 1. The van der Waals surface area contributed by atoms with Gasteiger partial charge in [-0.15, -0.1) is 0 Å². The number of urea groups is 1. The number of amides is 4. The first-order valence-electron chi connectivity index (χ1n) is 10.6. The van der Waals surface area contributed by atoms with E-state index in [9.17, 15) is 14.4 Å². The van der Waals surface area contributed by atoms with Crippen molar-refractivity contribution in [3.63, 3.8) is 0 Å². The lowest BCUT2D eigenvalue weighted by molar-refractivity contribution is -0.125. The van der Waals surface area contributed by atoms with Crippen LogP contribution in [0.2, 0.25) is 0 Å². The van der Waals surface area contributed by atoms with E-state index in [0.29, 0.717) is 30.0 Å². The molecule has 0 unspecified atom stereocenters. The number of hydrogen-bond acceptors (Lipinski definition) is 6. The number of likely N-dealkylation sites (N-methyl/N-ethyl adjacent to an activating group) is 1. The second-order valence-electron chi connectivity index (χ2n) is 8.46. The zero-order valence-electron chi connectivity index (χ0n) is 18.8. The first-order valence-corrected chi connectivity index (χ1v) is 10.6. The molecule has 0 spiro atoms. The van der Waals surface area contributed by atoms with Crippen molar-refractivity contribution >= 4 is 17.8 Å². The van der Waals surface area contributed by atoms with Gasteiger partial charge in [-0.2, -0.15) is 0 Å². The van der Waals surface area contributed by atoms with Crippen LogP contribution in [0.5, 0.6) is 5.75 Å². The number of nitrogens with zero attached hydrogens (tertiary/aromatic N) is 2. The monoisotopic (exact) mass is 444 g/mol. The van der Waals surface area contributed by atoms with Gasteiger partial charge in [0.05, 0.1) is 13.7 Å². The van der Waals surface area contributed by atoms with Crippen LogP contribution < -0.4 is 15.4 Å². The zero-order valence-corrected chi connectivity index (χ0v) is 18.8. The summed E-state index contributed by atoms with van der Waals surface area (Å²) >= 11 is 0. The van der Waals surface area contributed by atoms with Crippen LogP contribution in [0.1, 0.15) is 42.8 Å². The third-order valence-corrected chi connectivity index (χ3v) is 6.05. The van der Waals surface area contributed by atoms with Crippen molar-refractivity contribution in [1.82, 2.24) is 20.4 Å². The molecular formula is C23H32N4O5. The predicted molar refractivity (Wildman–Crippen MR) is 121 cm³/mol. The van der Waals surface area contributed by atoms with Crippen LogP contribution >= 0.6 is 0 Å². The summed E-state index contributed by atoms with van der Waals surface area (Å²) in [6, 6.07) is 6.55. The van der Waals surface area contributed by atoms with E-state index in [-0.39, 0.29) is 15.3 Å². The van der Waals surface area contributed by atoms with Crippen molar-refractivity contribution in [3.05, 3.63) is 52.5 Å². The van der Waals surface area contributed by atoms with Gasteiger partial charge in [-0.3, -0.25) is 14.9 Å². The van der Waals surface area contributed by atoms with Gasteiger partial charge in [-0.25, -0.2) is 4.79 Å². The van der Waals surface area contributed by atoms with Crippen LogP contribution in [-0.4, -0.2) is 61.9 Å². The SMILES string of the molecule is CCc1cc([C@]2(CN3Cc4ccc(OC)cc4C3=O)NC(=O)NC2=O)oc1CCN(C)C.[HH].[HH]. The van der Waals surface area contributed by atoms with E-state index in [1.165, 1.54) is 0 Å². The van der Waals surface area contributed by atoms with E-state index in [0.717, 1.165) is 29.9 Å². The highest BCUT2D eigenvalue weighted by Gasteiger charge is 2.53. The summed E-state index contributed by atoms with van der Waals surface area (Å²) in [5.74, 6) is 0.963. The van der Waals surface area contributed by atoms with Crippen molar-refractivity contribution in [2.45, 2.75) is 31.8 Å². The summed E-state index contributed by atoms with van der Waals surface area (Å²) in [7, 11) is 5.50. The molecule has 174 valence electrons. The molecule has 1 aromatic heterocycles. The Bertz CT molecular complexity index is 1090. The predicted octanol–water partition coefficient (Wildman–Crippen LogP) is 2.14. The van der Waals surface area contributed by atoms with Crippen LogP contribution in [-0.2, 0) is 29.7 Å². The van der Waals surface area contributed by atoms with Gasteiger partial charge in [-0.05, 0) is 49.8 Å². The lowest BCUT2D eigenvalue weighted by Crippen LogP contribution is -2.52. The molecule has 4 amide bonds. The fourth-order valence-electron chi connectivity index (χ4n) is 4.25. The average Bonchev–Trinajstić information content (AvgIpc) is 3.40. The number of benzene rings is 1. The maximum absolute atomic E-state index is 13.1. The number of rotatable bonds is 8. The lowest BCUT2D eigenvalue weighted by Gasteiger charge is -2.29. The smallest absolute Gasteiger partial charge is 0.322 e. The molecule has 2 aromatic rings. The summed E-state index contributed by atoms with van der Waals surface area (Å²) in [5.41, 5.74) is 0.871. The number of nitrogens with one attached hydrogen (secondary N) is 2. The van der Waals surface area contributed by atoms with E-state index in [1.54, 1.807) is 24.1 Å². The fraction of sp³-hybridized carbons (Fsp3) is 0.435. The topological polar surface area (TPSA) is 104 Å². The van der Waals surface area contributed by atoms with Gasteiger partial charge in [0.1, 0.15) is 17.3 Å². The Morgan fingerprint density at radius 2 is 2.03 bits per heavy atom. The van der Waals surface area contributed by atoms with E-state index >= 15 is 0 Å². The van der Waals surface area contributed by atoms with Gasteiger partial charge in [0, 0.05) is 27.9 Å². The van der Waals surface area contributed by atoms with E-state index in [1.807, 2.05) is 33.2 Å². The molecule has 0 saturated carbocycles. The van der Waals surface area contributed by atoms with Gasteiger partial charge < -0.3 is 24.3 Å². The van der Waals surface area contributed by atoms with Gasteiger partial charge in [0.2, 0.25) is 0 Å². The van der Waals surface area contributed by atoms with Gasteiger partial charge in [0.25, 0.3) is 11.8 Å². The Labute approximate surface area is 189 Å². The summed E-state index contributed by atoms with van der Waals surface area (Å²) in [6.45, 7) is 3.09. The second-order valence-corrected chi connectivity index (χ2v) is 8.46. The normalized spacial score (nSPS) is 20.0. The third-order valence-electron chi connectivity index (χ3n) is 6.05. The molecular weight excluding hydrogens is 412 g/mol. The molecule has 0 bridgehead atoms. The minimum atomic E-state index is -1.49. The number of aryl methyl sites for hydroxylation is 1. The molecule has 3 heterocycles. The standard InChI is InChI=1S/C23H28N4O5.2H2/c1-5-14-10-19(32-18(14)8-9-26(2)3)23(21(29)24-22(30)25-23)13-27-12-15-6-7-16(31-4)11-17(15)20(27)28;;/h6-7,10-11H,5,8-9,12-13H2,1-4H3,(H2,24,25,29,30);2*1H/t23-;;/m0../s1. The Morgan fingerprint density at radius 3 is 2.66 bits per heavy atom. The first kappa shape index (κ1) is 21.9. The van der Waals surface area contributed by atoms with E-state index in [2.05, 4.69) is 15.5 Å². The molecule has 1 atom stereocenters. The molecule has 0 aliphatic carbocycles. The Morgan fingerprint density at radius 1 is 1.25 bits per heavy atom. The van der Waals surface area contributed by atoms with E-state index < -0.39 is 17.5 Å². The number of fused-ring (bicyclic) bond motifs is 1. The molecule has 2 aliphatic heterocycles. The van der Waals surface area contributed by atoms with E-state index in [4.69, 9.17) is 9.15 Å². The van der Waals surface area contributed by atoms with Crippen LogP contribution in [0.15, 0.2) is 28.7 Å². The van der Waals surface area contributed by atoms with Crippen molar-refractivity contribution in [2.24, 2.45) is 0 Å². The summed E-state index contributed by atoms with van der Waals surface area (Å²) < 4.78 is 11.4. The third kappa shape index (κ3) is 3.73. The van der Waals surface area contributed by atoms with Gasteiger partial charge in [0.15, 0.2) is 5.54 Å². The maximum atomic E-state index is 13.1. The summed E-state index contributed by atoms with van der Waals surface area (Å²) in [4.78, 5) is 41.9. The number of carbonyl (C=O) groups excluding carboxylic acids is 3. The Hall–Kier alpha value is -3.33. The first-order chi connectivity index (χ1) is 15.3. The van der Waals surface area contributed by atoms with Crippen molar-refractivity contribution in [3.8, 4) is 5.75 Å². The average molecular weight is 445 g/mol. The van der Waals surface area contributed by atoms with Crippen molar-refractivity contribution in [1.29, 1.82) is 0 Å². The van der Waals surface area contributed by atoms with Gasteiger partial charge >= 0.3 is 6.03 Å². The van der Waals surface area contributed by atoms with Crippen molar-refractivity contribution < 1.29 is 26.4 Å². The fourth-order valence-corrected chi connectivity index (χ4v) is 4.25. The highest BCUT2D eigenvalue weighted by atomic mass is 16.5. The quantitative estimate of drug-likeness (QED) is 0.605. The number of methoxy groups -OCH3 is 1. The second kappa shape index (κ2) is 8.31. The molecule has 0 radical (unpaired) electrons. The summed E-state index contributed by atoms with van der Waals surface area (Å²) in [6.07, 6.45) is 1.40. The highest BCUT2D eigenvalue weighted by molar-refractivity contribution is 6.08. The maximum Gasteiger partial charge on any atom is 0.322 e. The Balaban J connectivity index is 0.00000204. The molecule has 2 N–H and O–H groups in total. The van der Waals surface area contributed by atoms with Crippen LogP contribution in [0.3, 0.4) is 0 Å². The zero-order chi connectivity index (χ0) is 23.0. The largest absolute Gasteiger partial charge is 0.497 e. The number of hydrogen-bond donors (Lipinski definition) is 2. The molecule has 1 saturated heterocycles. The summed E-state index contributed by atoms with van der Waals surface area (Å²) in [5, 5.41) is 5.05. The number of ether oxygens (including phenoxy) is 1. The molecule has 32 heavy (non-hydrogen) atoms. The van der Waals surface area contributed by atoms with Gasteiger partial charge in [-0.1, -0.05) is 13.0 Å². The number of carbonyl (C=O) groups is 3. The molecule has 9 nitrogen and oxygen atoms in total. The van der Waals surface area contributed by atoms with Crippen LogP contribution in [0.25, 0.3) is 0 Å². The number of furan rings is 1. The highest BCUT2D eigenvalue weighted by Crippen LogP contribution is 2.34. The minimum Gasteiger partial charge on any atom is -0.497 e. The molecule has 4 rings (SSSR count). The Kier molecular flexibility index (Phi) is 5.68.